The molecule has 0 heterocycles. The Hall–Kier alpha value is -0.770. The summed E-state index contributed by atoms with van der Waals surface area (Å²) in [7, 11) is 1.65. The summed E-state index contributed by atoms with van der Waals surface area (Å²) in [6.07, 6.45) is 0. The van der Waals surface area contributed by atoms with E-state index in [0.717, 1.165) is 0 Å². The van der Waals surface area contributed by atoms with Gasteiger partial charge in [-0.15, -0.1) is 0 Å². The summed E-state index contributed by atoms with van der Waals surface area (Å²) in [6.45, 7) is 9.24. The minimum absolute atomic E-state index is 0.235. The van der Waals surface area contributed by atoms with E-state index in [9.17, 15) is 0 Å². The van der Waals surface area contributed by atoms with Crippen molar-refractivity contribution in [2.75, 3.05) is 20.3 Å². The van der Waals surface area contributed by atoms with Gasteiger partial charge in [0.05, 0.1) is 6.61 Å². The van der Waals surface area contributed by atoms with Gasteiger partial charge in [-0.3, -0.25) is 0 Å². The van der Waals surface area contributed by atoms with Crippen molar-refractivity contribution in [1.82, 2.24) is 5.32 Å². The summed E-state index contributed by atoms with van der Waals surface area (Å²) in [4.78, 5) is 4.32. The van der Waals surface area contributed by atoms with Crippen molar-refractivity contribution < 1.29 is 9.47 Å². The zero-order valence-corrected chi connectivity index (χ0v) is 9.83. The first kappa shape index (κ1) is 13.2. The van der Waals surface area contributed by atoms with E-state index in [1.165, 1.54) is 0 Å². The molecule has 0 saturated heterocycles. The van der Waals surface area contributed by atoms with Crippen molar-refractivity contribution >= 4 is 6.02 Å². The lowest BCUT2D eigenvalue weighted by Crippen LogP contribution is -2.33. The molecule has 0 bridgehead atoms. The molecule has 0 atom stereocenters. The van der Waals surface area contributed by atoms with Gasteiger partial charge in [0, 0.05) is 19.2 Å². The molecule has 0 radical (unpaired) electrons. The predicted octanol–water partition coefficient (Wildman–Crippen LogP) is 1.41. The molecule has 0 aliphatic carbocycles. The summed E-state index contributed by atoms with van der Waals surface area (Å²) < 4.78 is 10.3. The average Bonchev–Trinajstić information content (AvgIpc) is 2.02. The largest absolute Gasteiger partial charge is 0.463 e. The number of amidine groups is 1. The highest BCUT2D eigenvalue weighted by atomic mass is 16.5. The molecule has 0 aliphatic heterocycles. The lowest BCUT2D eigenvalue weighted by Gasteiger charge is -2.14. The van der Waals surface area contributed by atoms with Gasteiger partial charge in [0.1, 0.15) is 6.61 Å². The van der Waals surface area contributed by atoms with Crippen LogP contribution < -0.4 is 5.32 Å². The second kappa shape index (κ2) is 7.62. The predicted molar refractivity (Wildman–Crippen MR) is 58.7 cm³/mol. The Kier molecular flexibility index (Phi) is 7.20. The van der Waals surface area contributed by atoms with Gasteiger partial charge < -0.3 is 14.8 Å². The number of rotatable bonds is 5. The smallest absolute Gasteiger partial charge is 0.285 e. The standard InChI is InChI=1S/C10H22N2O2/c1-8(2)11-10(12-9(3)4)14-7-6-13-5/h8-9H,6-7H2,1-5H3,(H,11,12). The van der Waals surface area contributed by atoms with Gasteiger partial charge in [-0.25, -0.2) is 4.99 Å². The van der Waals surface area contributed by atoms with Crippen molar-refractivity contribution in [3.8, 4) is 0 Å². The van der Waals surface area contributed by atoms with Crippen LogP contribution in [0.5, 0.6) is 0 Å². The number of aliphatic imine (C=N–C) groups is 1. The fourth-order valence-corrected chi connectivity index (χ4v) is 0.819. The second-order valence-electron chi connectivity index (χ2n) is 3.67. The van der Waals surface area contributed by atoms with Gasteiger partial charge in [0.25, 0.3) is 6.02 Å². The van der Waals surface area contributed by atoms with Crippen LogP contribution in [-0.4, -0.2) is 38.4 Å². The highest BCUT2D eigenvalue weighted by Gasteiger charge is 2.03. The molecule has 1 N–H and O–H groups in total. The third-order valence-corrected chi connectivity index (χ3v) is 1.31. The lowest BCUT2D eigenvalue weighted by atomic mass is 10.4. The number of methoxy groups -OCH3 is 1. The fourth-order valence-electron chi connectivity index (χ4n) is 0.819. The molecule has 4 heteroatoms. The number of ether oxygens (including phenoxy) is 2. The number of nitrogens with one attached hydrogen (secondary N) is 1. The van der Waals surface area contributed by atoms with Crippen LogP contribution in [0, 0.1) is 0 Å². The first-order valence-electron chi connectivity index (χ1n) is 5.02. The molecule has 0 amide bonds. The molecule has 0 rings (SSSR count). The van der Waals surface area contributed by atoms with E-state index in [2.05, 4.69) is 24.2 Å². The Balaban J connectivity index is 3.98. The molecule has 0 saturated carbocycles. The summed E-state index contributed by atoms with van der Waals surface area (Å²) in [5.74, 6) is 0. The van der Waals surface area contributed by atoms with Crippen LogP contribution in [0.3, 0.4) is 0 Å². The van der Waals surface area contributed by atoms with Crippen LogP contribution in [0.1, 0.15) is 27.7 Å². The molecule has 4 nitrogen and oxygen atoms in total. The maximum Gasteiger partial charge on any atom is 0.285 e. The molecule has 0 fully saturated rings. The summed E-state index contributed by atoms with van der Waals surface area (Å²) >= 11 is 0. The minimum Gasteiger partial charge on any atom is -0.463 e. The topological polar surface area (TPSA) is 42.9 Å². The van der Waals surface area contributed by atoms with E-state index in [-0.39, 0.29) is 6.04 Å². The monoisotopic (exact) mass is 202 g/mol. The van der Waals surface area contributed by atoms with Gasteiger partial charge in [0.15, 0.2) is 0 Å². The summed E-state index contributed by atoms with van der Waals surface area (Å²) in [5, 5.41) is 3.14. The van der Waals surface area contributed by atoms with Gasteiger partial charge in [0.2, 0.25) is 0 Å². The van der Waals surface area contributed by atoms with Crippen molar-refractivity contribution in [3.63, 3.8) is 0 Å². The third kappa shape index (κ3) is 7.86. The highest BCUT2D eigenvalue weighted by molar-refractivity contribution is 5.73. The first-order chi connectivity index (χ1) is 6.56. The Morgan fingerprint density at radius 1 is 1.21 bits per heavy atom. The third-order valence-electron chi connectivity index (χ3n) is 1.31. The molecule has 0 unspecified atom stereocenters. The molecule has 14 heavy (non-hydrogen) atoms. The molecule has 0 aromatic rings. The summed E-state index contributed by atoms with van der Waals surface area (Å²) in [6, 6.07) is 1.17. The molecule has 0 spiro atoms. The molecule has 0 aliphatic rings. The molecule has 0 aromatic heterocycles. The van der Waals surface area contributed by atoms with Crippen LogP contribution in [0.4, 0.5) is 0 Å². The van der Waals surface area contributed by atoms with Gasteiger partial charge in [-0.2, -0.15) is 0 Å². The van der Waals surface area contributed by atoms with Crippen LogP contribution in [-0.2, 0) is 9.47 Å². The normalized spacial score (nSPS) is 12.4. The Morgan fingerprint density at radius 3 is 2.29 bits per heavy atom. The molecular weight excluding hydrogens is 180 g/mol. The Labute approximate surface area is 86.7 Å². The van der Waals surface area contributed by atoms with Gasteiger partial charge >= 0.3 is 0 Å². The SMILES string of the molecule is COCCOC(=NC(C)C)NC(C)C. The van der Waals surface area contributed by atoms with Crippen molar-refractivity contribution in [1.29, 1.82) is 0 Å². The van der Waals surface area contributed by atoms with Crippen molar-refractivity contribution in [2.24, 2.45) is 4.99 Å². The van der Waals surface area contributed by atoms with E-state index < -0.39 is 0 Å². The maximum absolute atomic E-state index is 5.42. The summed E-state index contributed by atoms with van der Waals surface area (Å²) in [5.41, 5.74) is 0. The first-order valence-corrected chi connectivity index (χ1v) is 5.02. The van der Waals surface area contributed by atoms with Crippen LogP contribution >= 0.6 is 0 Å². The minimum atomic E-state index is 0.235. The van der Waals surface area contributed by atoms with E-state index in [1.807, 2.05) is 13.8 Å². The van der Waals surface area contributed by atoms with E-state index in [0.29, 0.717) is 25.3 Å². The fraction of sp³-hybridized carbons (Fsp3) is 0.900. The van der Waals surface area contributed by atoms with Crippen LogP contribution in [0.2, 0.25) is 0 Å². The second-order valence-corrected chi connectivity index (χ2v) is 3.67. The highest BCUT2D eigenvalue weighted by Crippen LogP contribution is 1.91. The van der Waals surface area contributed by atoms with Crippen molar-refractivity contribution in [2.45, 2.75) is 39.8 Å². The zero-order chi connectivity index (χ0) is 11.0. The van der Waals surface area contributed by atoms with Crippen LogP contribution in [0.25, 0.3) is 0 Å². The molecule has 0 aromatic carbocycles. The van der Waals surface area contributed by atoms with E-state index in [4.69, 9.17) is 9.47 Å². The Bertz CT molecular complexity index is 168. The van der Waals surface area contributed by atoms with Crippen LogP contribution in [0.15, 0.2) is 4.99 Å². The number of hydrogen-bond donors (Lipinski definition) is 1. The number of nitrogens with zero attached hydrogens (tertiary/aromatic N) is 1. The molecular formula is C10H22N2O2. The van der Waals surface area contributed by atoms with Gasteiger partial charge in [-0.1, -0.05) is 0 Å². The zero-order valence-electron chi connectivity index (χ0n) is 9.83. The van der Waals surface area contributed by atoms with Crippen molar-refractivity contribution in [3.05, 3.63) is 0 Å². The maximum atomic E-state index is 5.42. The Morgan fingerprint density at radius 2 is 1.86 bits per heavy atom. The molecule has 84 valence electrons. The number of hydrogen-bond acceptors (Lipinski definition) is 3. The van der Waals surface area contributed by atoms with Gasteiger partial charge in [-0.05, 0) is 27.7 Å². The quantitative estimate of drug-likeness (QED) is 0.416. The van der Waals surface area contributed by atoms with E-state index >= 15 is 0 Å². The van der Waals surface area contributed by atoms with E-state index in [1.54, 1.807) is 7.11 Å². The lowest BCUT2D eigenvalue weighted by molar-refractivity contribution is 0.137. The average molecular weight is 202 g/mol.